The molecule has 7 aromatic carbocycles. The number of fused-ring (bicyclic) bond motifs is 3. The van der Waals surface area contributed by atoms with Gasteiger partial charge in [-0.3, -0.25) is 0 Å². The zero-order chi connectivity index (χ0) is 31.0. The van der Waals surface area contributed by atoms with Crippen molar-refractivity contribution in [2.75, 3.05) is 4.90 Å². The topological polar surface area (TPSA) is 3.24 Å². The summed E-state index contributed by atoms with van der Waals surface area (Å²) in [4.78, 5) is 2.35. The van der Waals surface area contributed by atoms with Gasteiger partial charge in [-0.15, -0.1) is 11.3 Å². The Morgan fingerprint density at radius 3 is 1.61 bits per heavy atom. The zero-order valence-electron chi connectivity index (χ0n) is 25.9. The molecule has 0 aliphatic rings. The van der Waals surface area contributed by atoms with Crippen molar-refractivity contribution in [1.82, 2.24) is 0 Å². The molecule has 0 unspecified atom stereocenters. The van der Waals surface area contributed by atoms with E-state index in [1.54, 1.807) is 0 Å². The van der Waals surface area contributed by atoms with Gasteiger partial charge in [0.1, 0.15) is 0 Å². The summed E-state index contributed by atoms with van der Waals surface area (Å²) in [6.45, 7) is 4.27. The molecule has 0 bridgehead atoms. The highest BCUT2D eigenvalue weighted by Gasteiger charge is 2.17. The first-order valence-electron chi connectivity index (χ1n) is 15.8. The third kappa shape index (κ3) is 5.17. The van der Waals surface area contributed by atoms with E-state index in [0.29, 0.717) is 0 Å². The van der Waals surface area contributed by atoms with Crippen LogP contribution in [0.3, 0.4) is 0 Å². The van der Waals surface area contributed by atoms with Gasteiger partial charge >= 0.3 is 0 Å². The van der Waals surface area contributed by atoms with Crippen molar-refractivity contribution < 1.29 is 0 Å². The Balaban J connectivity index is 1.24. The summed E-state index contributed by atoms with van der Waals surface area (Å²) in [5, 5.41) is 2.66. The molecule has 0 spiro atoms. The molecule has 8 aromatic rings. The quantitative estimate of drug-likeness (QED) is 0.182. The highest BCUT2D eigenvalue weighted by Crippen LogP contribution is 2.43. The second-order valence-corrected chi connectivity index (χ2v) is 13.0. The second-order valence-electron chi connectivity index (χ2n) is 12.0. The Hall–Kier alpha value is -5.44. The van der Waals surface area contributed by atoms with E-state index in [2.05, 4.69) is 183 Å². The smallest absolute Gasteiger partial charge is 0.0468 e. The van der Waals surface area contributed by atoms with Gasteiger partial charge in [0.2, 0.25) is 0 Å². The molecule has 1 heterocycles. The molecule has 1 aromatic heterocycles. The number of benzene rings is 7. The molecule has 0 N–H and O–H groups in total. The Bertz CT molecular complexity index is 2250. The van der Waals surface area contributed by atoms with Gasteiger partial charge in [-0.1, -0.05) is 132 Å². The molecule has 2 heteroatoms. The van der Waals surface area contributed by atoms with E-state index < -0.39 is 0 Å². The lowest BCUT2D eigenvalue weighted by molar-refractivity contribution is 1.27. The minimum Gasteiger partial charge on any atom is -0.310 e. The van der Waals surface area contributed by atoms with Gasteiger partial charge in [0.05, 0.1) is 0 Å². The molecule has 0 saturated carbocycles. The highest BCUT2D eigenvalue weighted by atomic mass is 32.1. The van der Waals surface area contributed by atoms with Crippen molar-refractivity contribution in [3.63, 3.8) is 0 Å². The van der Waals surface area contributed by atoms with E-state index >= 15 is 0 Å². The lowest BCUT2D eigenvalue weighted by atomic mass is 9.92. The average molecular weight is 608 g/mol. The molecule has 220 valence electrons. The first kappa shape index (κ1) is 28.1. The predicted octanol–water partition coefficient (Wildman–Crippen LogP) is 13.1. The lowest BCUT2D eigenvalue weighted by Gasteiger charge is -2.27. The van der Waals surface area contributed by atoms with Crippen molar-refractivity contribution in [1.29, 1.82) is 0 Å². The van der Waals surface area contributed by atoms with Crippen LogP contribution in [0.25, 0.3) is 53.6 Å². The van der Waals surface area contributed by atoms with Crippen molar-refractivity contribution in [3.05, 3.63) is 175 Å². The summed E-state index contributed by atoms with van der Waals surface area (Å²) < 4.78 is 2.68. The van der Waals surface area contributed by atoms with E-state index in [1.165, 1.54) is 64.7 Å². The van der Waals surface area contributed by atoms with Gasteiger partial charge in [0.25, 0.3) is 0 Å². The number of nitrogens with zero attached hydrogens (tertiary/aromatic N) is 1. The molecule has 0 radical (unpaired) electrons. The Morgan fingerprint density at radius 1 is 0.391 bits per heavy atom. The normalized spacial score (nSPS) is 11.3. The maximum atomic E-state index is 2.35. The highest BCUT2D eigenvalue weighted by molar-refractivity contribution is 7.26. The van der Waals surface area contributed by atoms with Crippen LogP contribution in [0.2, 0.25) is 0 Å². The molecule has 0 aliphatic carbocycles. The molecular formula is C44H33NS. The van der Waals surface area contributed by atoms with Gasteiger partial charge in [0, 0.05) is 37.2 Å². The number of hydrogen-bond acceptors (Lipinski definition) is 2. The minimum absolute atomic E-state index is 1.13. The SMILES string of the molecule is Cc1ccc(N(c2ccc(C)cc2)c2ccc(-c3ccc(-c4cccc5c4sc4ccccc45)cc3)c(-c3ccccc3)c2)cc1. The zero-order valence-corrected chi connectivity index (χ0v) is 26.8. The van der Waals surface area contributed by atoms with Crippen LogP contribution in [0, 0.1) is 13.8 Å². The maximum Gasteiger partial charge on any atom is 0.0468 e. The van der Waals surface area contributed by atoms with Crippen LogP contribution < -0.4 is 4.90 Å². The molecule has 0 fully saturated rings. The van der Waals surface area contributed by atoms with Crippen molar-refractivity contribution in [3.8, 4) is 33.4 Å². The minimum atomic E-state index is 1.13. The van der Waals surface area contributed by atoms with Crippen LogP contribution in [0.1, 0.15) is 11.1 Å². The molecule has 46 heavy (non-hydrogen) atoms. The maximum absolute atomic E-state index is 2.35. The fourth-order valence-electron chi connectivity index (χ4n) is 6.42. The molecular weight excluding hydrogens is 575 g/mol. The summed E-state index contributed by atoms with van der Waals surface area (Å²) >= 11 is 1.88. The summed E-state index contributed by atoms with van der Waals surface area (Å²) in [6, 6.07) is 59.7. The van der Waals surface area contributed by atoms with E-state index in [-0.39, 0.29) is 0 Å². The van der Waals surface area contributed by atoms with Crippen LogP contribution in [0.15, 0.2) is 164 Å². The standard InChI is InChI=1S/C44H33NS/c1-30-15-23-35(24-16-30)45(36-25-17-31(2)18-26-36)37-27-28-38(42(29-37)32-9-4-3-5-10-32)33-19-21-34(22-20-33)39-12-8-13-41-40-11-6-7-14-43(40)46-44(39)41/h3-29H,1-2H3. The Kier molecular flexibility index (Phi) is 7.21. The summed E-state index contributed by atoms with van der Waals surface area (Å²) in [5.41, 5.74) is 13.3. The summed E-state index contributed by atoms with van der Waals surface area (Å²) in [6.07, 6.45) is 0. The van der Waals surface area contributed by atoms with E-state index in [4.69, 9.17) is 0 Å². The Labute approximate surface area is 274 Å². The fraction of sp³-hybridized carbons (Fsp3) is 0.0455. The van der Waals surface area contributed by atoms with Gasteiger partial charge in [-0.2, -0.15) is 0 Å². The van der Waals surface area contributed by atoms with E-state index in [1.807, 2.05) is 11.3 Å². The molecule has 0 aliphatic heterocycles. The molecule has 0 atom stereocenters. The number of hydrogen-bond donors (Lipinski definition) is 0. The summed E-state index contributed by atoms with van der Waals surface area (Å²) in [5.74, 6) is 0. The van der Waals surface area contributed by atoms with Crippen LogP contribution in [0.5, 0.6) is 0 Å². The molecule has 1 nitrogen and oxygen atoms in total. The first-order chi connectivity index (χ1) is 22.6. The number of rotatable bonds is 6. The van der Waals surface area contributed by atoms with Crippen molar-refractivity contribution in [2.45, 2.75) is 13.8 Å². The first-order valence-corrected chi connectivity index (χ1v) is 16.6. The third-order valence-electron chi connectivity index (χ3n) is 8.84. The average Bonchev–Trinajstić information content (AvgIpc) is 3.50. The van der Waals surface area contributed by atoms with Gasteiger partial charge in [-0.05, 0) is 89.7 Å². The van der Waals surface area contributed by atoms with Crippen molar-refractivity contribution in [2.24, 2.45) is 0 Å². The van der Waals surface area contributed by atoms with E-state index in [9.17, 15) is 0 Å². The predicted molar refractivity (Wildman–Crippen MR) is 200 cm³/mol. The van der Waals surface area contributed by atoms with Gasteiger partial charge < -0.3 is 4.90 Å². The van der Waals surface area contributed by atoms with Crippen LogP contribution in [-0.4, -0.2) is 0 Å². The largest absolute Gasteiger partial charge is 0.310 e. The number of aryl methyl sites for hydroxylation is 2. The summed E-state index contributed by atoms with van der Waals surface area (Å²) in [7, 11) is 0. The lowest BCUT2D eigenvalue weighted by Crippen LogP contribution is -2.10. The number of thiophene rings is 1. The van der Waals surface area contributed by atoms with Crippen LogP contribution in [0.4, 0.5) is 17.1 Å². The van der Waals surface area contributed by atoms with Gasteiger partial charge in [-0.25, -0.2) is 0 Å². The van der Waals surface area contributed by atoms with Crippen LogP contribution in [-0.2, 0) is 0 Å². The molecule has 0 saturated heterocycles. The molecule has 8 rings (SSSR count). The third-order valence-corrected chi connectivity index (χ3v) is 10.1. The fourth-order valence-corrected chi connectivity index (χ4v) is 7.66. The van der Waals surface area contributed by atoms with E-state index in [0.717, 1.165) is 17.1 Å². The van der Waals surface area contributed by atoms with Crippen molar-refractivity contribution >= 4 is 48.6 Å². The molecule has 0 amide bonds. The van der Waals surface area contributed by atoms with Crippen LogP contribution >= 0.6 is 11.3 Å². The Morgan fingerprint density at radius 2 is 0.935 bits per heavy atom. The van der Waals surface area contributed by atoms with Gasteiger partial charge in [0.15, 0.2) is 0 Å². The number of anilines is 3. The monoisotopic (exact) mass is 607 g/mol. The second kappa shape index (κ2) is 11.8.